The van der Waals surface area contributed by atoms with Gasteiger partial charge in [0.1, 0.15) is 0 Å². The fraction of sp³-hybridized carbons (Fsp3) is 0.529. The number of hydrogen-bond donors (Lipinski definition) is 1. The second-order valence-electron chi connectivity index (χ2n) is 5.67. The van der Waals surface area contributed by atoms with Gasteiger partial charge in [-0.2, -0.15) is 0 Å². The minimum Gasteiger partial charge on any atom is -0.368 e. The molecule has 0 radical (unpaired) electrons. The average molecular weight is 260 g/mol. The highest BCUT2D eigenvalue weighted by Gasteiger charge is 2.22. The van der Waals surface area contributed by atoms with Crippen LogP contribution < -0.4 is 0 Å². The standard InChI is InChI=1S/C17H24O2/c1-13(2)16-11-15(12-17(18)19-16)10-6-9-14-7-4-3-5-8-14/h3-5,7-8,11,13,16-18H,6,9-10,12H2,1-2H3. The van der Waals surface area contributed by atoms with Crippen molar-refractivity contribution < 1.29 is 9.84 Å². The number of aryl methyl sites for hydroxylation is 1. The molecule has 1 aliphatic rings. The quantitative estimate of drug-likeness (QED) is 0.818. The normalized spacial score (nSPS) is 23.5. The maximum Gasteiger partial charge on any atom is 0.159 e. The van der Waals surface area contributed by atoms with Crippen LogP contribution in [0.25, 0.3) is 0 Å². The van der Waals surface area contributed by atoms with Crippen molar-refractivity contribution in [3.8, 4) is 0 Å². The molecule has 0 spiro atoms. The van der Waals surface area contributed by atoms with Crippen LogP contribution >= 0.6 is 0 Å². The summed E-state index contributed by atoms with van der Waals surface area (Å²) in [6, 6.07) is 10.6. The number of ether oxygens (including phenoxy) is 1. The Balaban J connectivity index is 1.85. The van der Waals surface area contributed by atoms with Gasteiger partial charge in [0.05, 0.1) is 6.10 Å². The van der Waals surface area contributed by atoms with E-state index in [4.69, 9.17) is 4.74 Å². The molecule has 0 saturated carbocycles. The SMILES string of the molecule is CC(C)C1C=C(CCCc2ccccc2)CC(O)O1. The summed E-state index contributed by atoms with van der Waals surface area (Å²) < 4.78 is 5.52. The predicted molar refractivity (Wildman–Crippen MR) is 77.8 cm³/mol. The lowest BCUT2D eigenvalue weighted by Crippen LogP contribution is -2.29. The monoisotopic (exact) mass is 260 g/mol. The van der Waals surface area contributed by atoms with E-state index in [-0.39, 0.29) is 6.10 Å². The lowest BCUT2D eigenvalue weighted by atomic mass is 9.95. The van der Waals surface area contributed by atoms with Crippen LogP contribution in [0.3, 0.4) is 0 Å². The predicted octanol–water partition coefficient (Wildman–Crippen LogP) is 3.70. The number of benzene rings is 1. The minimum atomic E-state index is -0.621. The van der Waals surface area contributed by atoms with Crippen molar-refractivity contribution in [1.29, 1.82) is 0 Å². The molecule has 0 aliphatic carbocycles. The Kier molecular flexibility index (Phi) is 5.17. The molecule has 2 atom stereocenters. The fourth-order valence-electron chi connectivity index (χ4n) is 2.49. The molecule has 104 valence electrons. The third-order valence-corrected chi connectivity index (χ3v) is 3.61. The van der Waals surface area contributed by atoms with Crippen molar-refractivity contribution in [2.75, 3.05) is 0 Å². The highest BCUT2D eigenvalue weighted by atomic mass is 16.6. The molecule has 2 nitrogen and oxygen atoms in total. The lowest BCUT2D eigenvalue weighted by Gasteiger charge is -2.28. The highest BCUT2D eigenvalue weighted by molar-refractivity contribution is 5.15. The Morgan fingerprint density at radius 1 is 1.21 bits per heavy atom. The molecular formula is C17H24O2. The lowest BCUT2D eigenvalue weighted by molar-refractivity contribution is -0.139. The summed E-state index contributed by atoms with van der Waals surface area (Å²) in [4.78, 5) is 0. The summed E-state index contributed by atoms with van der Waals surface area (Å²) in [6.45, 7) is 4.25. The van der Waals surface area contributed by atoms with Gasteiger partial charge in [-0.3, -0.25) is 0 Å². The van der Waals surface area contributed by atoms with Crippen LogP contribution in [0.1, 0.15) is 38.7 Å². The second-order valence-corrected chi connectivity index (χ2v) is 5.67. The van der Waals surface area contributed by atoms with Gasteiger partial charge in [0, 0.05) is 6.42 Å². The van der Waals surface area contributed by atoms with Gasteiger partial charge in [-0.1, -0.05) is 55.8 Å². The summed E-state index contributed by atoms with van der Waals surface area (Å²) in [5.41, 5.74) is 2.73. The molecule has 19 heavy (non-hydrogen) atoms. The largest absolute Gasteiger partial charge is 0.368 e. The molecule has 2 unspecified atom stereocenters. The van der Waals surface area contributed by atoms with E-state index in [1.165, 1.54) is 11.1 Å². The smallest absolute Gasteiger partial charge is 0.159 e. The summed E-state index contributed by atoms with van der Waals surface area (Å²) in [7, 11) is 0. The Labute approximate surface area is 116 Å². The average Bonchev–Trinajstić information content (AvgIpc) is 2.39. The first-order valence-corrected chi connectivity index (χ1v) is 7.22. The van der Waals surface area contributed by atoms with E-state index < -0.39 is 6.29 Å². The van der Waals surface area contributed by atoms with Gasteiger partial charge in [0.25, 0.3) is 0 Å². The summed E-state index contributed by atoms with van der Waals surface area (Å²) in [5, 5.41) is 9.75. The molecule has 0 bridgehead atoms. The van der Waals surface area contributed by atoms with Crippen molar-refractivity contribution in [2.45, 2.75) is 51.9 Å². The van der Waals surface area contributed by atoms with Crippen molar-refractivity contribution in [1.82, 2.24) is 0 Å². The van der Waals surface area contributed by atoms with Crippen molar-refractivity contribution in [3.05, 3.63) is 47.5 Å². The highest BCUT2D eigenvalue weighted by Crippen LogP contribution is 2.25. The van der Waals surface area contributed by atoms with Crippen molar-refractivity contribution in [3.63, 3.8) is 0 Å². The third-order valence-electron chi connectivity index (χ3n) is 3.61. The molecule has 1 aromatic rings. The number of aliphatic hydroxyl groups is 1. The minimum absolute atomic E-state index is 0.0653. The molecule has 1 N–H and O–H groups in total. The van der Waals surface area contributed by atoms with Crippen LogP contribution in [-0.4, -0.2) is 17.5 Å². The van der Waals surface area contributed by atoms with Crippen LogP contribution in [0.2, 0.25) is 0 Å². The van der Waals surface area contributed by atoms with Crippen molar-refractivity contribution in [2.24, 2.45) is 5.92 Å². The first-order chi connectivity index (χ1) is 9.15. The maximum atomic E-state index is 9.75. The Morgan fingerprint density at radius 3 is 2.63 bits per heavy atom. The molecule has 1 heterocycles. The molecule has 0 fully saturated rings. The second kappa shape index (κ2) is 6.88. The zero-order valence-corrected chi connectivity index (χ0v) is 11.9. The van der Waals surface area contributed by atoms with E-state index in [0.717, 1.165) is 19.3 Å². The summed E-state index contributed by atoms with van der Waals surface area (Å²) in [6.07, 6.45) is 5.60. The molecule has 2 rings (SSSR count). The van der Waals surface area contributed by atoms with Gasteiger partial charge < -0.3 is 9.84 Å². The third kappa shape index (κ3) is 4.48. The van der Waals surface area contributed by atoms with E-state index in [1.54, 1.807) is 0 Å². The van der Waals surface area contributed by atoms with Gasteiger partial charge in [0.15, 0.2) is 6.29 Å². The number of rotatable bonds is 5. The zero-order chi connectivity index (χ0) is 13.7. The Hall–Kier alpha value is -1.12. The van der Waals surface area contributed by atoms with Crippen LogP contribution in [0.5, 0.6) is 0 Å². The van der Waals surface area contributed by atoms with Gasteiger partial charge in [-0.05, 0) is 30.7 Å². The fourth-order valence-corrected chi connectivity index (χ4v) is 2.49. The molecule has 0 aromatic heterocycles. The summed E-state index contributed by atoms with van der Waals surface area (Å²) in [5.74, 6) is 0.416. The van der Waals surface area contributed by atoms with Crippen LogP contribution in [0.4, 0.5) is 0 Å². The first kappa shape index (κ1) is 14.3. The van der Waals surface area contributed by atoms with Crippen molar-refractivity contribution >= 4 is 0 Å². The maximum absolute atomic E-state index is 9.75. The van der Waals surface area contributed by atoms with E-state index in [9.17, 15) is 5.11 Å². The molecule has 1 aliphatic heterocycles. The van der Waals surface area contributed by atoms with Crippen LogP contribution in [0, 0.1) is 5.92 Å². The number of hydrogen-bond acceptors (Lipinski definition) is 2. The van der Waals surface area contributed by atoms with Crippen LogP contribution in [0.15, 0.2) is 42.0 Å². The van der Waals surface area contributed by atoms with Crippen LogP contribution in [-0.2, 0) is 11.2 Å². The molecule has 2 heteroatoms. The molecule has 1 aromatic carbocycles. The van der Waals surface area contributed by atoms with E-state index in [2.05, 4.69) is 44.2 Å². The van der Waals surface area contributed by atoms with E-state index in [0.29, 0.717) is 12.3 Å². The molecule has 0 amide bonds. The Morgan fingerprint density at radius 2 is 1.95 bits per heavy atom. The van der Waals surface area contributed by atoms with Gasteiger partial charge in [-0.25, -0.2) is 0 Å². The van der Waals surface area contributed by atoms with E-state index >= 15 is 0 Å². The van der Waals surface area contributed by atoms with Gasteiger partial charge in [-0.15, -0.1) is 0 Å². The molecule has 0 saturated heterocycles. The summed E-state index contributed by atoms with van der Waals surface area (Å²) >= 11 is 0. The Bertz CT molecular complexity index is 409. The number of aliphatic hydroxyl groups excluding tert-OH is 1. The van der Waals surface area contributed by atoms with Gasteiger partial charge in [0.2, 0.25) is 0 Å². The van der Waals surface area contributed by atoms with E-state index in [1.807, 2.05) is 6.07 Å². The zero-order valence-electron chi connectivity index (χ0n) is 11.9. The first-order valence-electron chi connectivity index (χ1n) is 7.22. The van der Waals surface area contributed by atoms with Gasteiger partial charge >= 0.3 is 0 Å². The molecular weight excluding hydrogens is 236 g/mol. The topological polar surface area (TPSA) is 29.5 Å².